The zero-order chi connectivity index (χ0) is 14.7. The Bertz CT molecular complexity index is 663. The Morgan fingerprint density at radius 1 is 1.20 bits per heavy atom. The molecule has 0 aliphatic carbocycles. The van der Waals surface area contributed by atoms with E-state index >= 15 is 0 Å². The number of hydrogen-bond acceptors (Lipinski definition) is 6. The van der Waals surface area contributed by atoms with E-state index in [0.717, 1.165) is 0 Å². The van der Waals surface area contributed by atoms with E-state index in [1.165, 1.54) is 10.7 Å². The predicted molar refractivity (Wildman–Crippen MR) is 69.6 cm³/mol. The molecule has 0 unspecified atom stereocenters. The van der Waals surface area contributed by atoms with Crippen molar-refractivity contribution in [3.63, 3.8) is 0 Å². The maximum absolute atomic E-state index is 11.8. The molecule has 0 aromatic carbocycles. The van der Waals surface area contributed by atoms with Gasteiger partial charge in [0, 0.05) is 5.69 Å². The largest absolute Gasteiger partial charge is 0.462 e. The maximum atomic E-state index is 11.8. The van der Waals surface area contributed by atoms with Crippen molar-refractivity contribution in [1.29, 1.82) is 0 Å². The van der Waals surface area contributed by atoms with Crippen LogP contribution < -0.4 is 0 Å². The van der Waals surface area contributed by atoms with Crippen molar-refractivity contribution in [2.75, 3.05) is 13.2 Å². The number of rotatable bonds is 4. The first-order valence-corrected chi connectivity index (χ1v) is 6.28. The van der Waals surface area contributed by atoms with Crippen LogP contribution in [-0.2, 0) is 9.47 Å². The standard InChI is InChI=1S/C13H15N3O4/c1-4-19-12(17)9-7-14-16-8(3)6-10(15-11(9)16)13(18)20-5-2/h6-7H,4-5H2,1-3H3. The number of ether oxygens (including phenoxy) is 2. The third-order valence-electron chi connectivity index (χ3n) is 2.63. The molecule has 0 aliphatic rings. The smallest absolute Gasteiger partial charge is 0.357 e. The SMILES string of the molecule is CCOC(=O)c1cc(C)n2ncc(C(=O)OCC)c2n1. The van der Waals surface area contributed by atoms with E-state index in [2.05, 4.69) is 10.1 Å². The van der Waals surface area contributed by atoms with Gasteiger partial charge >= 0.3 is 11.9 Å². The van der Waals surface area contributed by atoms with Crippen LogP contribution in [0.3, 0.4) is 0 Å². The lowest BCUT2D eigenvalue weighted by atomic mass is 10.3. The molecule has 2 heterocycles. The fourth-order valence-corrected chi connectivity index (χ4v) is 1.78. The van der Waals surface area contributed by atoms with Gasteiger partial charge in [0.05, 0.1) is 19.4 Å². The molecule has 0 amide bonds. The summed E-state index contributed by atoms with van der Waals surface area (Å²) >= 11 is 0. The van der Waals surface area contributed by atoms with E-state index in [4.69, 9.17) is 9.47 Å². The van der Waals surface area contributed by atoms with Gasteiger partial charge in [0.25, 0.3) is 0 Å². The van der Waals surface area contributed by atoms with E-state index in [0.29, 0.717) is 5.69 Å². The number of nitrogens with zero attached hydrogens (tertiary/aromatic N) is 3. The highest BCUT2D eigenvalue weighted by Gasteiger charge is 2.19. The number of aromatic nitrogens is 3. The second-order valence-electron chi connectivity index (χ2n) is 4.02. The Labute approximate surface area is 115 Å². The highest BCUT2D eigenvalue weighted by Crippen LogP contribution is 2.14. The van der Waals surface area contributed by atoms with Gasteiger partial charge in [-0.3, -0.25) is 0 Å². The molecule has 0 atom stereocenters. The minimum atomic E-state index is -0.533. The van der Waals surface area contributed by atoms with E-state index in [9.17, 15) is 9.59 Å². The van der Waals surface area contributed by atoms with Gasteiger partial charge in [-0.25, -0.2) is 19.1 Å². The quantitative estimate of drug-likeness (QED) is 0.785. The lowest BCUT2D eigenvalue weighted by Gasteiger charge is -2.05. The van der Waals surface area contributed by atoms with Crippen molar-refractivity contribution in [3.8, 4) is 0 Å². The summed E-state index contributed by atoms with van der Waals surface area (Å²) in [6.07, 6.45) is 1.38. The number of esters is 2. The molecule has 0 N–H and O–H groups in total. The third kappa shape index (κ3) is 2.47. The van der Waals surface area contributed by atoms with Crippen LogP contribution in [0, 0.1) is 6.92 Å². The zero-order valence-corrected chi connectivity index (χ0v) is 11.5. The molecule has 20 heavy (non-hydrogen) atoms. The van der Waals surface area contributed by atoms with Crippen LogP contribution in [0.25, 0.3) is 5.65 Å². The second-order valence-corrected chi connectivity index (χ2v) is 4.02. The lowest BCUT2D eigenvalue weighted by Crippen LogP contribution is -2.11. The molecule has 0 saturated heterocycles. The molecule has 106 valence electrons. The molecule has 2 aromatic rings. The molecule has 0 radical (unpaired) electrons. The van der Waals surface area contributed by atoms with E-state index < -0.39 is 11.9 Å². The Balaban J connectivity index is 2.53. The van der Waals surface area contributed by atoms with E-state index in [1.807, 2.05) is 0 Å². The molecule has 7 heteroatoms. The second kappa shape index (κ2) is 5.68. The van der Waals surface area contributed by atoms with Crippen LogP contribution in [0.5, 0.6) is 0 Å². The number of carbonyl (C=O) groups is 2. The van der Waals surface area contributed by atoms with Gasteiger partial charge < -0.3 is 9.47 Å². The van der Waals surface area contributed by atoms with Crippen molar-refractivity contribution in [2.24, 2.45) is 0 Å². The summed E-state index contributed by atoms with van der Waals surface area (Å²) in [6, 6.07) is 1.56. The molecular weight excluding hydrogens is 262 g/mol. The van der Waals surface area contributed by atoms with Gasteiger partial charge in [0.2, 0.25) is 0 Å². The van der Waals surface area contributed by atoms with Crippen molar-refractivity contribution in [3.05, 3.63) is 29.2 Å². The molecule has 7 nitrogen and oxygen atoms in total. The first-order chi connectivity index (χ1) is 9.58. The van der Waals surface area contributed by atoms with Crippen molar-refractivity contribution < 1.29 is 19.1 Å². The summed E-state index contributed by atoms with van der Waals surface area (Å²) < 4.78 is 11.3. The van der Waals surface area contributed by atoms with Gasteiger partial charge in [-0.1, -0.05) is 0 Å². The van der Waals surface area contributed by atoms with Crippen molar-refractivity contribution in [2.45, 2.75) is 20.8 Å². The number of hydrogen-bond donors (Lipinski definition) is 0. The highest BCUT2D eigenvalue weighted by atomic mass is 16.5. The Kier molecular flexibility index (Phi) is 3.97. The Hall–Kier alpha value is -2.44. The van der Waals surface area contributed by atoms with Gasteiger partial charge in [0.1, 0.15) is 5.56 Å². The summed E-state index contributed by atoms with van der Waals surface area (Å²) in [6.45, 7) is 5.71. The van der Waals surface area contributed by atoms with Gasteiger partial charge in [0.15, 0.2) is 11.3 Å². The van der Waals surface area contributed by atoms with Crippen molar-refractivity contribution >= 4 is 17.6 Å². The summed E-state index contributed by atoms with van der Waals surface area (Å²) in [4.78, 5) is 27.7. The fraction of sp³-hybridized carbons (Fsp3) is 0.385. The average molecular weight is 277 g/mol. The van der Waals surface area contributed by atoms with Gasteiger partial charge in [-0.2, -0.15) is 5.10 Å². The minimum Gasteiger partial charge on any atom is -0.462 e. The predicted octanol–water partition coefficient (Wildman–Crippen LogP) is 1.39. The third-order valence-corrected chi connectivity index (χ3v) is 2.63. The van der Waals surface area contributed by atoms with Crippen LogP contribution in [-0.4, -0.2) is 39.8 Å². The molecule has 0 spiro atoms. The highest BCUT2D eigenvalue weighted by molar-refractivity contribution is 5.96. The first kappa shape index (κ1) is 14.0. The lowest BCUT2D eigenvalue weighted by molar-refractivity contribution is 0.0510. The average Bonchev–Trinajstić information content (AvgIpc) is 2.83. The molecule has 0 aliphatic heterocycles. The first-order valence-electron chi connectivity index (χ1n) is 6.28. The minimum absolute atomic E-state index is 0.142. The van der Waals surface area contributed by atoms with Crippen molar-refractivity contribution in [1.82, 2.24) is 14.6 Å². The molecule has 2 aromatic heterocycles. The molecular formula is C13H15N3O4. The Morgan fingerprint density at radius 2 is 1.85 bits per heavy atom. The topological polar surface area (TPSA) is 82.8 Å². The molecule has 2 rings (SSSR count). The number of fused-ring (bicyclic) bond motifs is 1. The monoisotopic (exact) mass is 277 g/mol. The fourth-order valence-electron chi connectivity index (χ4n) is 1.78. The normalized spacial score (nSPS) is 10.6. The summed E-state index contributed by atoms with van der Waals surface area (Å²) in [5.74, 6) is -1.05. The maximum Gasteiger partial charge on any atom is 0.357 e. The number of aryl methyl sites for hydroxylation is 1. The van der Waals surface area contributed by atoms with Crippen LogP contribution in [0.4, 0.5) is 0 Å². The zero-order valence-electron chi connectivity index (χ0n) is 11.5. The summed E-state index contributed by atoms with van der Waals surface area (Å²) in [7, 11) is 0. The van der Waals surface area contributed by atoms with E-state index in [1.54, 1.807) is 26.8 Å². The van der Waals surface area contributed by atoms with Gasteiger partial charge in [-0.15, -0.1) is 0 Å². The molecule has 0 bridgehead atoms. The number of carbonyl (C=O) groups excluding carboxylic acids is 2. The summed E-state index contributed by atoms with van der Waals surface area (Å²) in [5.41, 5.74) is 1.32. The molecule has 0 fully saturated rings. The summed E-state index contributed by atoms with van der Waals surface area (Å²) in [5, 5.41) is 4.07. The van der Waals surface area contributed by atoms with Crippen LogP contribution >= 0.6 is 0 Å². The van der Waals surface area contributed by atoms with Gasteiger partial charge in [-0.05, 0) is 26.8 Å². The Morgan fingerprint density at radius 3 is 2.50 bits per heavy atom. The molecule has 0 saturated carbocycles. The van der Waals surface area contributed by atoms with E-state index in [-0.39, 0.29) is 30.1 Å². The van der Waals surface area contributed by atoms with Crippen LogP contribution in [0.1, 0.15) is 40.4 Å². The van der Waals surface area contributed by atoms with Crippen LogP contribution in [0.15, 0.2) is 12.3 Å². The van der Waals surface area contributed by atoms with Crippen LogP contribution in [0.2, 0.25) is 0 Å².